The van der Waals surface area contributed by atoms with E-state index in [1.54, 1.807) is 36.4 Å². The van der Waals surface area contributed by atoms with Crippen molar-refractivity contribution < 1.29 is 28.5 Å². The maximum Gasteiger partial charge on any atom is 0.282 e. The number of rotatable bonds is 4. The Labute approximate surface area is 195 Å². The Morgan fingerprint density at radius 1 is 0.735 bits per heavy atom. The van der Waals surface area contributed by atoms with Gasteiger partial charge in [-0.15, -0.1) is 0 Å². The number of hydrogen-bond acceptors (Lipinski definition) is 7. The number of fused-ring (bicyclic) bond motifs is 2. The molecule has 3 aromatic rings. The van der Waals surface area contributed by atoms with Crippen molar-refractivity contribution in [3.05, 3.63) is 77.0 Å². The molecular weight excluding hydrogens is 436 g/mol. The Kier molecular flexibility index (Phi) is 4.48. The van der Waals surface area contributed by atoms with Gasteiger partial charge in [0.2, 0.25) is 13.6 Å². The monoisotopic (exact) mass is 456 g/mol. The topological polar surface area (TPSA) is 86.3 Å². The lowest BCUT2D eigenvalue weighted by Gasteiger charge is -2.16. The summed E-state index contributed by atoms with van der Waals surface area (Å²) in [6.45, 7) is 4.15. The molecule has 3 aliphatic heterocycles. The molecule has 170 valence electrons. The molecule has 0 saturated carbocycles. The number of carbonyl (C=O) groups is 2. The zero-order valence-electron chi connectivity index (χ0n) is 18.5. The van der Waals surface area contributed by atoms with E-state index in [0.29, 0.717) is 45.5 Å². The van der Waals surface area contributed by atoms with Crippen LogP contribution in [0.5, 0.6) is 23.0 Å². The minimum atomic E-state index is -0.462. The van der Waals surface area contributed by atoms with Gasteiger partial charge in [-0.3, -0.25) is 9.59 Å². The lowest BCUT2D eigenvalue weighted by Crippen LogP contribution is -2.32. The minimum absolute atomic E-state index is 0.101. The van der Waals surface area contributed by atoms with Crippen molar-refractivity contribution in [2.24, 2.45) is 0 Å². The number of carbonyl (C=O) groups excluding carboxylic acids is 2. The Hall–Kier alpha value is -4.46. The summed E-state index contributed by atoms with van der Waals surface area (Å²) in [5.41, 5.74) is 4.16. The number of benzene rings is 3. The predicted octanol–water partition coefficient (Wildman–Crippen LogP) is 4.16. The highest BCUT2D eigenvalue weighted by molar-refractivity contribution is 6.46. The van der Waals surface area contributed by atoms with Gasteiger partial charge in [0.05, 0.1) is 11.3 Å². The third kappa shape index (κ3) is 3.14. The molecule has 0 aromatic heterocycles. The number of ether oxygens (including phenoxy) is 4. The quantitative estimate of drug-likeness (QED) is 0.590. The Balaban J connectivity index is 1.45. The average molecular weight is 456 g/mol. The largest absolute Gasteiger partial charge is 0.454 e. The van der Waals surface area contributed by atoms with Crippen LogP contribution in [0.15, 0.2) is 60.3 Å². The third-order valence-corrected chi connectivity index (χ3v) is 5.99. The lowest BCUT2D eigenvalue weighted by atomic mass is 9.97. The summed E-state index contributed by atoms with van der Waals surface area (Å²) in [6.07, 6.45) is 0. The van der Waals surface area contributed by atoms with Gasteiger partial charge in [-0.2, -0.15) is 0 Å². The van der Waals surface area contributed by atoms with Gasteiger partial charge in [0.25, 0.3) is 11.8 Å². The summed E-state index contributed by atoms with van der Waals surface area (Å²) in [5.74, 6) is 1.39. The smallest absolute Gasteiger partial charge is 0.282 e. The second-order valence-corrected chi connectivity index (χ2v) is 8.24. The number of anilines is 2. The molecule has 3 aliphatic rings. The van der Waals surface area contributed by atoms with Crippen molar-refractivity contribution in [2.75, 3.05) is 23.8 Å². The number of aryl methyl sites for hydroxylation is 2. The maximum atomic E-state index is 13.7. The molecule has 3 aromatic carbocycles. The number of imide groups is 1. The fourth-order valence-corrected chi connectivity index (χ4v) is 4.37. The predicted molar refractivity (Wildman–Crippen MR) is 124 cm³/mol. The van der Waals surface area contributed by atoms with E-state index >= 15 is 0 Å². The van der Waals surface area contributed by atoms with Gasteiger partial charge in [0.15, 0.2) is 23.0 Å². The molecule has 8 heteroatoms. The molecule has 0 radical (unpaired) electrons. The summed E-state index contributed by atoms with van der Waals surface area (Å²) in [4.78, 5) is 28.6. The van der Waals surface area contributed by atoms with E-state index in [-0.39, 0.29) is 19.3 Å². The molecule has 8 nitrogen and oxygen atoms in total. The normalized spacial score (nSPS) is 16.0. The first-order valence-corrected chi connectivity index (χ1v) is 10.8. The second-order valence-electron chi connectivity index (χ2n) is 8.24. The summed E-state index contributed by atoms with van der Waals surface area (Å²) < 4.78 is 21.7. The van der Waals surface area contributed by atoms with E-state index in [9.17, 15) is 9.59 Å². The first-order valence-electron chi connectivity index (χ1n) is 10.8. The highest BCUT2D eigenvalue weighted by Gasteiger charge is 2.41. The van der Waals surface area contributed by atoms with E-state index < -0.39 is 11.8 Å². The van der Waals surface area contributed by atoms with Crippen LogP contribution >= 0.6 is 0 Å². The van der Waals surface area contributed by atoms with Gasteiger partial charge in [0.1, 0.15) is 5.70 Å². The molecule has 0 fully saturated rings. The van der Waals surface area contributed by atoms with Crippen LogP contribution < -0.4 is 29.2 Å². The van der Waals surface area contributed by atoms with E-state index in [1.165, 1.54) is 0 Å². The van der Waals surface area contributed by atoms with Crippen LogP contribution in [-0.4, -0.2) is 25.4 Å². The van der Waals surface area contributed by atoms with E-state index in [0.717, 1.165) is 16.0 Å². The summed E-state index contributed by atoms with van der Waals surface area (Å²) in [7, 11) is 0. The van der Waals surface area contributed by atoms with Crippen LogP contribution in [-0.2, 0) is 9.59 Å². The van der Waals surface area contributed by atoms with Crippen molar-refractivity contribution >= 4 is 28.8 Å². The molecule has 0 aliphatic carbocycles. The molecule has 0 saturated heterocycles. The molecule has 2 amide bonds. The zero-order chi connectivity index (χ0) is 23.4. The maximum absolute atomic E-state index is 13.7. The van der Waals surface area contributed by atoms with Crippen LogP contribution in [0.1, 0.15) is 16.7 Å². The minimum Gasteiger partial charge on any atom is -0.454 e. The number of amides is 2. The van der Waals surface area contributed by atoms with Gasteiger partial charge in [-0.1, -0.05) is 23.8 Å². The second kappa shape index (κ2) is 7.55. The fourth-order valence-electron chi connectivity index (χ4n) is 4.37. The van der Waals surface area contributed by atoms with E-state index in [1.807, 2.05) is 32.0 Å². The van der Waals surface area contributed by atoms with Gasteiger partial charge in [-0.25, -0.2) is 4.90 Å². The Morgan fingerprint density at radius 2 is 1.41 bits per heavy atom. The van der Waals surface area contributed by atoms with E-state index in [2.05, 4.69) is 5.32 Å². The molecule has 1 N–H and O–H groups in total. The lowest BCUT2D eigenvalue weighted by molar-refractivity contribution is -0.120. The highest BCUT2D eigenvalue weighted by Crippen LogP contribution is 2.41. The standard InChI is InChI=1S/C26H20N2O6/c1-14-3-6-18(15(2)9-14)23-24(27-16-4-7-19-21(10-16)33-12-31-19)26(30)28(25(23)29)17-5-8-20-22(11-17)34-13-32-20/h3-11,27H,12-13H2,1-2H3. The van der Waals surface area contributed by atoms with Crippen LogP contribution in [0.25, 0.3) is 5.57 Å². The van der Waals surface area contributed by atoms with Crippen LogP contribution in [0, 0.1) is 13.8 Å². The van der Waals surface area contributed by atoms with Crippen LogP contribution in [0.4, 0.5) is 11.4 Å². The molecule has 0 unspecified atom stereocenters. The van der Waals surface area contributed by atoms with Gasteiger partial charge >= 0.3 is 0 Å². The average Bonchev–Trinajstić information content (AvgIpc) is 3.53. The number of nitrogens with one attached hydrogen (secondary N) is 1. The van der Waals surface area contributed by atoms with Gasteiger partial charge in [0, 0.05) is 17.8 Å². The summed E-state index contributed by atoms with van der Waals surface area (Å²) >= 11 is 0. The molecule has 6 rings (SSSR count). The third-order valence-electron chi connectivity index (χ3n) is 5.99. The highest BCUT2D eigenvalue weighted by atomic mass is 16.7. The number of nitrogens with zero attached hydrogens (tertiary/aromatic N) is 1. The number of hydrogen-bond donors (Lipinski definition) is 1. The van der Waals surface area contributed by atoms with Crippen molar-refractivity contribution in [3.8, 4) is 23.0 Å². The molecule has 0 atom stereocenters. The first-order chi connectivity index (χ1) is 16.5. The van der Waals surface area contributed by atoms with Gasteiger partial charge in [-0.05, 0) is 49.2 Å². The van der Waals surface area contributed by atoms with Crippen LogP contribution in [0.3, 0.4) is 0 Å². The molecule has 0 spiro atoms. The van der Waals surface area contributed by atoms with E-state index in [4.69, 9.17) is 18.9 Å². The van der Waals surface area contributed by atoms with Gasteiger partial charge < -0.3 is 24.3 Å². The summed E-state index contributed by atoms with van der Waals surface area (Å²) in [6, 6.07) is 16.1. The SMILES string of the molecule is Cc1ccc(C2=C(Nc3ccc4c(c3)OCO4)C(=O)N(c3ccc4c(c3)OCO4)C2=O)c(C)c1. The zero-order valence-corrected chi connectivity index (χ0v) is 18.5. The van der Waals surface area contributed by atoms with Crippen molar-refractivity contribution in [2.45, 2.75) is 13.8 Å². The molecule has 3 heterocycles. The summed E-state index contributed by atoms with van der Waals surface area (Å²) in [5, 5.41) is 3.17. The Morgan fingerprint density at radius 3 is 2.15 bits per heavy atom. The Bertz CT molecular complexity index is 1410. The van der Waals surface area contributed by atoms with Crippen molar-refractivity contribution in [1.29, 1.82) is 0 Å². The molecule has 34 heavy (non-hydrogen) atoms. The fraction of sp³-hybridized carbons (Fsp3) is 0.154. The van der Waals surface area contributed by atoms with Crippen molar-refractivity contribution in [1.82, 2.24) is 0 Å². The first kappa shape index (κ1) is 20.2. The molecular formula is C26H20N2O6. The van der Waals surface area contributed by atoms with Crippen molar-refractivity contribution in [3.63, 3.8) is 0 Å². The van der Waals surface area contributed by atoms with Crippen LogP contribution in [0.2, 0.25) is 0 Å². The molecule has 0 bridgehead atoms.